The van der Waals surface area contributed by atoms with Crippen LogP contribution in [0.25, 0.3) is 0 Å². The average Bonchev–Trinajstić information content (AvgIpc) is 2.48. The predicted octanol–water partition coefficient (Wildman–Crippen LogP) is 5.31. The van der Waals surface area contributed by atoms with E-state index in [1.807, 2.05) is 0 Å². The number of anilines is 1. The summed E-state index contributed by atoms with van der Waals surface area (Å²) in [4.78, 5) is 2.47. The minimum atomic E-state index is 0.535. The Balaban J connectivity index is 2.37. The monoisotopic (exact) mass is 255 g/mol. The Kier molecular flexibility index (Phi) is 4.84. The van der Waals surface area contributed by atoms with Gasteiger partial charge in [0.15, 0.2) is 0 Å². The van der Waals surface area contributed by atoms with Crippen molar-refractivity contribution in [3.63, 3.8) is 0 Å². The van der Waals surface area contributed by atoms with Crippen molar-refractivity contribution < 1.29 is 0 Å². The van der Waals surface area contributed by atoms with Gasteiger partial charge in [0.25, 0.3) is 0 Å². The summed E-state index contributed by atoms with van der Waals surface area (Å²) in [7, 11) is 0. The maximum Gasteiger partial charge on any atom is 0.0548 e. The van der Waals surface area contributed by atoms with E-state index in [1.165, 1.54) is 24.1 Å². The standard InChI is InChI=1S/C18H25N/c1-4-10-18-16(6-3)13-15(5-2)14-19(18)17-11-8-7-9-12-17/h7-9,11-14,18H,4-6,10H2,1-3H3. The Labute approximate surface area is 117 Å². The van der Waals surface area contributed by atoms with Gasteiger partial charge in [-0.05, 0) is 42.5 Å². The summed E-state index contributed by atoms with van der Waals surface area (Å²) >= 11 is 0. The first-order chi connectivity index (χ1) is 9.30. The molecule has 0 fully saturated rings. The molecule has 2 rings (SSSR count). The Bertz CT molecular complexity index is 456. The van der Waals surface area contributed by atoms with Crippen molar-refractivity contribution >= 4 is 5.69 Å². The Morgan fingerprint density at radius 2 is 1.74 bits per heavy atom. The molecule has 1 atom stereocenters. The van der Waals surface area contributed by atoms with Crippen LogP contribution in [0.4, 0.5) is 5.69 Å². The highest BCUT2D eigenvalue weighted by molar-refractivity contribution is 5.56. The van der Waals surface area contributed by atoms with Gasteiger partial charge >= 0.3 is 0 Å². The molecule has 1 aliphatic rings. The fourth-order valence-electron chi connectivity index (χ4n) is 2.80. The zero-order chi connectivity index (χ0) is 13.7. The van der Waals surface area contributed by atoms with Crippen LogP contribution in [-0.4, -0.2) is 6.04 Å². The van der Waals surface area contributed by atoms with Crippen LogP contribution in [-0.2, 0) is 0 Å². The van der Waals surface area contributed by atoms with Crippen molar-refractivity contribution in [1.82, 2.24) is 0 Å². The highest BCUT2D eigenvalue weighted by Crippen LogP contribution is 2.31. The summed E-state index contributed by atoms with van der Waals surface area (Å²) in [6.07, 6.45) is 9.45. The lowest BCUT2D eigenvalue weighted by Crippen LogP contribution is -2.35. The molecule has 1 aromatic carbocycles. The minimum absolute atomic E-state index is 0.535. The molecule has 0 radical (unpaired) electrons. The lowest BCUT2D eigenvalue weighted by Gasteiger charge is -2.36. The van der Waals surface area contributed by atoms with Gasteiger partial charge in [0, 0.05) is 11.9 Å². The van der Waals surface area contributed by atoms with Gasteiger partial charge in [-0.2, -0.15) is 0 Å². The average molecular weight is 255 g/mol. The quantitative estimate of drug-likeness (QED) is 0.689. The lowest BCUT2D eigenvalue weighted by molar-refractivity contribution is 0.626. The van der Waals surface area contributed by atoms with Crippen LogP contribution >= 0.6 is 0 Å². The Hall–Kier alpha value is -1.50. The summed E-state index contributed by atoms with van der Waals surface area (Å²) in [6, 6.07) is 11.3. The molecule has 1 aromatic rings. The number of hydrogen-bond acceptors (Lipinski definition) is 1. The van der Waals surface area contributed by atoms with Gasteiger partial charge in [0.1, 0.15) is 0 Å². The van der Waals surface area contributed by atoms with Gasteiger partial charge in [-0.15, -0.1) is 0 Å². The molecule has 0 aliphatic carbocycles. The number of rotatable bonds is 5. The number of benzene rings is 1. The molecule has 19 heavy (non-hydrogen) atoms. The molecule has 0 saturated carbocycles. The van der Waals surface area contributed by atoms with Crippen LogP contribution in [0.3, 0.4) is 0 Å². The van der Waals surface area contributed by atoms with Crippen LogP contribution in [0.2, 0.25) is 0 Å². The summed E-state index contributed by atoms with van der Waals surface area (Å²) in [5, 5.41) is 0. The van der Waals surface area contributed by atoms with Crippen molar-refractivity contribution in [2.24, 2.45) is 0 Å². The molecule has 0 spiro atoms. The van der Waals surface area contributed by atoms with E-state index in [9.17, 15) is 0 Å². The van der Waals surface area contributed by atoms with Gasteiger partial charge in [-0.3, -0.25) is 0 Å². The number of hydrogen-bond donors (Lipinski definition) is 0. The van der Waals surface area contributed by atoms with E-state index in [0.717, 1.165) is 12.8 Å². The highest BCUT2D eigenvalue weighted by atomic mass is 15.2. The van der Waals surface area contributed by atoms with Gasteiger partial charge in [0.2, 0.25) is 0 Å². The summed E-state index contributed by atoms with van der Waals surface area (Å²) < 4.78 is 0. The van der Waals surface area contributed by atoms with Gasteiger partial charge < -0.3 is 4.90 Å². The first-order valence-electron chi connectivity index (χ1n) is 7.54. The molecule has 0 aromatic heterocycles. The third-order valence-electron chi connectivity index (χ3n) is 3.87. The summed E-state index contributed by atoms with van der Waals surface area (Å²) in [6.45, 7) is 6.78. The lowest BCUT2D eigenvalue weighted by atomic mass is 9.92. The molecule has 1 unspecified atom stereocenters. The van der Waals surface area contributed by atoms with E-state index in [1.54, 1.807) is 5.57 Å². The van der Waals surface area contributed by atoms with Crippen LogP contribution in [0.15, 0.2) is 53.8 Å². The molecule has 0 amide bonds. The van der Waals surface area contributed by atoms with Crippen LogP contribution < -0.4 is 4.90 Å². The number of para-hydroxylation sites is 1. The van der Waals surface area contributed by atoms with Gasteiger partial charge in [0.05, 0.1) is 6.04 Å². The smallest absolute Gasteiger partial charge is 0.0548 e. The number of allylic oxidation sites excluding steroid dienone is 2. The van der Waals surface area contributed by atoms with E-state index < -0.39 is 0 Å². The largest absolute Gasteiger partial charge is 0.341 e. The molecular weight excluding hydrogens is 230 g/mol. The van der Waals surface area contributed by atoms with E-state index in [4.69, 9.17) is 0 Å². The normalized spacial score (nSPS) is 19.1. The molecular formula is C18H25N. The second-order valence-corrected chi connectivity index (χ2v) is 5.18. The summed E-state index contributed by atoms with van der Waals surface area (Å²) in [5.41, 5.74) is 4.32. The van der Waals surface area contributed by atoms with Crippen molar-refractivity contribution in [2.75, 3.05) is 4.90 Å². The van der Waals surface area contributed by atoms with Crippen LogP contribution in [0, 0.1) is 0 Å². The van der Waals surface area contributed by atoms with Gasteiger partial charge in [-0.25, -0.2) is 0 Å². The number of nitrogens with zero attached hydrogens (tertiary/aromatic N) is 1. The fourth-order valence-corrected chi connectivity index (χ4v) is 2.80. The van der Waals surface area contributed by atoms with E-state index in [0.29, 0.717) is 6.04 Å². The third-order valence-corrected chi connectivity index (χ3v) is 3.87. The highest BCUT2D eigenvalue weighted by Gasteiger charge is 2.23. The van der Waals surface area contributed by atoms with Gasteiger partial charge in [-0.1, -0.05) is 51.5 Å². The fraction of sp³-hybridized carbons (Fsp3) is 0.444. The predicted molar refractivity (Wildman–Crippen MR) is 84.4 cm³/mol. The Morgan fingerprint density at radius 1 is 1.00 bits per heavy atom. The zero-order valence-corrected chi connectivity index (χ0v) is 12.4. The SMILES string of the molecule is CCCC1C(CC)=CC(CC)=CN1c1ccccc1. The molecule has 1 nitrogen and oxygen atoms in total. The first kappa shape index (κ1) is 13.9. The minimum Gasteiger partial charge on any atom is -0.341 e. The third kappa shape index (κ3) is 3.09. The molecule has 0 N–H and O–H groups in total. The molecule has 1 aliphatic heterocycles. The zero-order valence-electron chi connectivity index (χ0n) is 12.4. The molecule has 102 valence electrons. The van der Waals surface area contributed by atoms with E-state index in [-0.39, 0.29) is 0 Å². The topological polar surface area (TPSA) is 3.24 Å². The second-order valence-electron chi connectivity index (χ2n) is 5.18. The van der Waals surface area contributed by atoms with Crippen molar-refractivity contribution in [3.8, 4) is 0 Å². The first-order valence-corrected chi connectivity index (χ1v) is 7.54. The molecule has 1 heteroatoms. The molecule has 0 saturated heterocycles. The maximum absolute atomic E-state index is 2.47. The van der Waals surface area contributed by atoms with E-state index in [2.05, 4.69) is 68.3 Å². The van der Waals surface area contributed by atoms with E-state index >= 15 is 0 Å². The summed E-state index contributed by atoms with van der Waals surface area (Å²) in [5.74, 6) is 0. The molecule has 0 bridgehead atoms. The van der Waals surface area contributed by atoms with Crippen molar-refractivity contribution in [2.45, 2.75) is 52.5 Å². The molecule has 1 heterocycles. The van der Waals surface area contributed by atoms with Crippen molar-refractivity contribution in [3.05, 3.63) is 53.8 Å². The van der Waals surface area contributed by atoms with Crippen LogP contribution in [0.5, 0.6) is 0 Å². The maximum atomic E-state index is 2.47. The van der Waals surface area contributed by atoms with Crippen LogP contribution in [0.1, 0.15) is 46.5 Å². The Morgan fingerprint density at radius 3 is 2.32 bits per heavy atom. The van der Waals surface area contributed by atoms with Crippen molar-refractivity contribution in [1.29, 1.82) is 0 Å². The second kappa shape index (κ2) is 6.60.